The van der Waals surface area contributed by atoms with Gasteiger partial charge >= 0.3 is 0 Å². The first-order chi connectivity index (χ1) is 12.4. The number of para-hydroxylation sites is 1. The number of anilines is 1. The molecule has 0 fully saturated rings. The molecule has 4 heteroatoms. The Balaban J connectivity index is 1.63. The van der Waals surface area contributed by atoms with E-state index in [0.717, 1.165) is 28.2 Å². The lowest BCUT2D eigenvalue weighted by molar-refractivity contribution is 0.791. The lowest BCUT2D eigenvalue weighted by Crippen LogP contribution is -2.21. The normalized spacial score (nSPS) is 16.2. The second kappa shape index (κ2) is 7.09. The van der Waals surface area contributed by atoms with Gasteiger partial charge < -0.3 is 5.32 Å². The van der Waals surface area contributed by atoms with E-state index in [2.05, 4.69) is 22.4 Å². The maximum atomic E-state index is 4.86. The molecule has 4 nitrogen and oxygen atoms in total. The van der Waals surface area contributed by atoms with Crippen molar-refractivity contribution < 1.29 is 0 Å². The number of nitrogens with zero attached hydrogens (tertiary/aromatic N) is 3. The van der Waals surface area contributed by atoms with E-state index in [1.54, 1.807) is 6.20 Å². The molecule has 1 aliphatic heterocycles. The SMILES string of the molecule is c1ccc(NCC2=NC(c3cccnc3)N=C2c2ccccc2)cc1. The zero-order valence-corrected chi connectivity index (χ0v) is 13.7. The van der Waals surface area contributed by atoms with E-state index < -0.39 is 0 Å². The molecule has 1 atom stereocenters. The van der Waals surface area contributed by atoms with Gasteiger partial charge in [-0.05, 0) is 18.2 Å². The minimum absolute atomic E-state index is 0.225. The Morgan fingerprint density at radius 3 is 2.28 bits per heavy atom. The van der Waals surface area contributed by atoms with Gasteiger partial charge in [-0.3, -0.25) is 15.0 Å². The molecule has 1 aliphatic rings. The van der Waals surface area contributed by atoms with Crippen LogP contribution >= 0.6 is 0 Å². The summed E-state index contributed by atoms with van der Waals surface area (Å²) in [6.45, 7) is 0.633. The highest BCUT2D eigenvalue weighted by Crippen LogP contribution is 2.25. The van der Waals surface area contributed by atoms with Crippen molar-refractivity contribution in [2.75, 3.05) is 11.9 Å². The lowest BCUT2D eigenvalue weighted by Gasteiger charge is -2.08. The summed E-state index contributed by atoms with van der Waals surface area (Å²) in [5, 5.41) is 3.43. The standard InChI is InChI=1S/C21H18N4/c1-3-8-16(9-4-1)20-19(15-23-18-11-5-2-6-12-18)24-21(25-20)17-10-7-13-22-14-17/h1-14,21,23H,15H2. The maximum Gasteiger partial charge on any atom is 0.167 e. The molecule has 122 valence electrons. The highest BCUT2D eigenvalue weighted by Gasteiger charge is 2.23. The fraction of sp³-hybridized carbons (Fsp3) is 0.0952. The van der Waals surface area contributed by atoms with Crippen molar-refractivity contribution in [3.63, 3.8) is 0 Å². The number of hydrogen-bond acceptors (Lipinski definition) is 4. The topological polar surface area (TPSA) is 49.6 Å². The van der Waals surface area contributed by atoms with Crippen LogP contribution in [-0.4, -0.2) is 23.0 Å². The number of nitrogens with one attached hydrogen (secondary N) is 1. The van der Waals surface area contributed by atoms with Crippen molar-refractivity contribution in [1.29, 1.82) is 0 Å². The highest BCUT2D eigenvalue weighted by molar-refractivity contribution is 6.50. The minimum Gasteiger partial charge on any atom is -0.379 e. The van der Waals surface area contributed by atoms with Crippen LogP contribution in [-0.2, 0) is 0 Å². The summed E-state index contributed by atoms with van der Waals surface area (Å²) in [5.41, 5.74) is 5.07. The van der Waals surface area contributed by atoms with Gasteiger partial charge in [0.25, 0.3) is 0 Å². The number of aromatic nitrogens is 1. The van der Waals surface area contributed by atoms with Gasteiger partial charge in [-0.2, -0.15) is 0 Å². The number of pyridine rings is 1. The van der Waals surface area contributed by atoms with Crippen LogP contribution in [0.4, 0.5) is 5.69 Å². The molecular formula is C21H18N4. The van der Waals surface area contributed by atoms with E-state index in [0.29, 0.717) is 6.54 Å². The summed E-state index contributed by atoms with van der Waals surface area (Å²) in [6, 6.07) is 24.3. The third-order valence-electron chi connectivity index (χ3n) is 4.07. The van der Waals surface area contributed by atoms with Crippen molar-refractivity contribution in [2.45, 2.75) is 6.17 Å². The third kappa shape index (κ3) is 3.48. The van der Waals surface area contributed by atoms with E-state index in [4.69, 9.17) is 9.98 Å². The fourth-order valence-electron chi connectivity index (χ4n) is 2.82. The molecule has 0 saturated carbocycles. The Morgan fingerprint density at radius 2 is 1.56 bits per heavy atom. The molecule has 1 N–H and O–H groups in total. The molecule has 3 aromatic rings. The molecule has 0 bridgehead atoms. The number of rotatable bonds is 5. The van der Waals surface area contributed by atoms with Crippen LogP contribution in [0.5, 0.6) is 0 Å². The minimum atomic E-state index is -0.225. The van der Waals surface area contributed by atoms with Gasteiger partial charge in [0.1, 0.15) is 0 Å². The maximum absolute atomic E-state index is 4.86. The molecule has 2 heterocycles. The molecule has 0 radical (unpaired) electrons. The number of benzene rings is 2. The van der Waals surface area contributed by atoms with Crippen LogP contribution in [0.2, 0.25) is 0 Å². The van der Waals surface area contributed by atoms with E-state index in [1.165, 1.54) is 0 Å². The van der Waals surface area contributed by atoms with E-state index in [-0.39, 0.29) is 6.17 Å². The Labute approximate surface area is 147 Å². The second-order valence-electron chi connectivity index (χ2n) is 5.80. The Morgan fingerprint density at radius 1 is 0.800 bits per heavy atom. The first-order valence-electron chi connectivity index (χ1n) is 8.29. The molecule has 0 amide bonds. The molecule has 2 aromatic carbocycles. The third-order valence-corrected chi connectivity index (χ3v) is 4.07. The van der Waals surface area contributed by atoms with Gasteiger partial charge in [-0.15, -0.1) is 0 Å². The lowest BCUT2D eigenvalue weighted by atomic mass is 10.1. The first kappa shape index (κ1) is 15.3. The smallest absolute Gasteiger partial charge is 0.167 e. The highest BCUT2D eigenvalue weighted by atomic mass is 15.1. The Kier molecular flexibility index (Phi) is 4.33. The predicted octanol–water partition coefficient (Wildman–Crippen LogP) is 4.14. The van der Waals surface area contributed by atoms with Gasteiger partial charge in [0.15, 0.2) is 6.17 Å². The zero-order chi connectivity index (χ0) is 16.9. The summed E-state index contributed by atoms with van der Waals surface area (Å²) >= 11 is 0. The molecule has 0 saturated heterocycles. The molecule has 1 unspecified atom stereocenters. The van der Waals surface area contributed by atoms with Crippen molar-refractivity contribution in [3.8, 4) is 0 Å². The molecule has 0 aliphatic carbocycles. The van der Waals surface area contributed by atoms with Crippen LogP contribution in [0.15, 0.2) is 95.2 Å². The van der Waals surface area contributed by atoms with Crippen LogP contribution in [0.25, 0.3) is 0 Å². The van der Waals surface area contributed by atoms with E-state index >= 15 is 0 Å². The Hall–Kier alpha value is -3.27. The largest absolute Gasteiger partial charge is 0.379 e. The quantitative estimate of drug-likeness (QED) is 0.766. The second-order valence-corrected chi connectivity index (χ2v) is 5.80. The summed E-state index contributed by atoms with van der Waals surface area (Å²) in [6.07, 6.45) is 3.37. The van der Waals surface area contributed by atoms with E-state index in [9.17, 15) is 0 Å². The zero-order valence-electron chi connectivity index (χ0n) is 13.7. The van der Waals surface area contributed by atoms with E-state index in [1.807, 2.05) is 66.9 Å². The molecule has 1 aromatic heterocycles. The molecule has 25 heavy (non-hydrogen) atoms. The monoisotopic (exact) mass is 326 g/mol. The molecule has 4 rings (SSSR count). The summed E-state index contributed by atoms with van der Waals surface area (Å²) < 4.78 is 0. The number of hydrogen-bond donors (Lipinski definition) is 1. The van der Waals surface area contributed by atoms with Crippen molar-refractivity contribution in [3.05, 3.63) is 96.3 Å². The molecular weight excluding hydrogens is 308 g/mol. The van der Waals surface area contributed by atoms with Gasteiger partial charge in [0.05, 0.1) is 18.0 Å². The summed E-state index contributed by atoms with van der Waals surface area (Å²) in [4.78, 5) is 13.9. The average Bonchev–Trinajstić information content (AvgIpc) is 3.13. The number of aliphatic imine (C=N–C) groups is 2. The Bertz CT molecular complexity index is 887. The van der Waals surface area contributed by atoms with Gasteiger partial charge in [0.2, 0.25) is 0 Å². The van der Waals surface area contributed by atoms with Crippen LogP contribution in [0, 0.1) is 0 Å². The predicted molar refractivity (Wildman–Crippen MR) is 102 cm³/mol. The van der Waals surface area contributed by atoms with Gasteiger partial charge in [-0.25, -0.2) is 0 Å². The summed E-state index contributed by atoms with van der Waals surface area (Å²) in [5.74, 6) is 0. The van der Waals surface area contributed by atoms with Crippen LogP contribution in [0.3, 0.4) is 0 Å². The fourth-order valence-corrected chi connectivity index (χ4v) is 2.82. The van der Waals surface area contributed by atoms with Crippen LogP contribution < -0.4 is 5.32 Å². The van der Waals surface area contributed by atoms with Gasteiger partial charge in [0, 0.05) is 29.2 Å². The average molecular weight is 326 g/mol. The molecule has 0 spiro atoms. The van der Waals surface area contributed by atoms with Crippen LogP contribution in [0.1, 0.15) is 17.3 Å². The summed E-state index contributed by atoms with van der Waals surface area (Å²) in [7, 11) is 0. The van der Waals surface area contributed by atoms with Crippen molar-refractivity contribution >= 4 is 17.1 Å². The first-order valence-corrected chi connectivity index (χ1v) is 8.29. The van der Waals surface area contributed by atoms with Crippen molar-refractivity contribution in [2.24, 2.45) is 9.98 Å². The van der Waals surface area contributed by atoms with Crippen molar-refractivity contribution in [1.82, 2.24) is 4.98 Å². The van der Waals surface area contributed by atoms with Gasteiger partial charge in [-0.1, -0.05) is 54.6 Å².